The zero-order chi connectivity index (χ0) is 20.4. The average Bonchev–Trinajstić information content (AvgIpc) is 2.69. The molecule has 1 aromatic carbocycles. The first-order valence-corrected chi connectivity index (χ1v) is 10.1. The second-order valence-corrected chi connectivity index (χ2v) is 7.58. The molecule has 29 heavy (non-hydrogen) atoms. The van der Waals surface area contributed by atoms with Gasteiger partial charge in [-0.1, -0.05) is 23.7 Å². The van der Waals surface area contributed by atoms with Crippen LogP contribution in [0.3, 0.4) is 0 Å². The van der Waals surface area contributed by atoms with Crippen molar-refractivity contribution in [2.45, 2.75) is 13.0 Å². The molecule has 9 heteroatoms. The molecule has 0 unspecified atom stereocenters. The van der Waals surface area contributed by atoms with Crippen molar-refractivity contribution in [2.24, 2.45) is 4.99 Å². The molecule has 1 fully saturated rings. The maximum absolute atomic E-state index is 11.9. The van der Waals surface area contributed by atoms with Gasteiger partial charge in [-0.25, -0.2) is 4.99 Å². The summed E-state index contributed by atoms with van der Waals surface area (Å²) in [6, 6.07) is 7.76. The number of rotatable bonds is 8. The number of hydrogen-bond acceptors (Lipinski definition) is 4. The molecule has 0 aromatic heterocycles. The molecule has 1 aromatic rings. The Labute approximate surface area is 196 Å². The number of benzene rings is 1. The first-order valence-electron chi connectivity index (χ1n) is 9.70. The number of carbonyl (C=O) groups is 1. The zero-order valence-corrected chi connectivity index (χ0v) is 20.7. The smallest absolute Gasteiger partial charge is 0.243 e. The minimum absolute atomic E-state index is 0. The van der Waals surface area contributed by atoms with Gasteiger partial charge in [0.15, 0.2) is 5.96 Å². The fourth-order valence-electron chi connectivity index (χ4n) is 2.86. The van der Waals surface area contributed by atoms with Crippen LogP contribution in [0.1, 0.15) is 12.0 Å². The summed E-state index contributed by atoms with van der Waals surface area (Å²) in [7, 11) is 5.46. The standard InChI is InChI=1S/C20H32ClN5O2.HI/c1-24(2)19(27)15-23-20(22-9-4-10-26-11-13-28-14-12-26)25(3)16-17-5-7-18(21)8-6-17;/h5-8H,4,9-16H2,1-3H3,(H,22,23);1H. The molecule has 1 aliphatic rings. The van der Waals surface area contributed by atoms with Crippen LogP contribution in [0, 0.1) is 0 Å². The van der Waals surface area contributed by atoms with Crippen molar-refractivity contribution in [3.8, 4) is 0 Å². The van der Waals surface area contributed by atoms with Crippen molar-refractivity contribution in [1.82, 2.24) is 20.0 Å². The molecule has 0 atom stereocenters. The molecule has 0 saturated carbocycles. The van der Waals surface area contributed by atoms with E-state index in [0.29, 0.717) is 6.54 Å². The molecule has 1 amide bonds. The van der Waals surface area contributed by atoms with Crippen LogP contribution in [0.5, 0.6) is 0 Å². The number of guanidine groups is 1. The Kier molecular flexibility index (Phi) is 12.5. The fourth-order valence-corrected chi connectivity index (χ4v) is 2.99. The van der Waals surface area contributed by atoms with Gasteiger partial charge in [0.05, 0.1) is 13.2 Å². The van der Waals surface area contributed by atoms with Crippen LogP contribution in [0.2, 0.25) is 5.02 Å². The number of nitrogens with zero attached hydrogens (tertiary/aromatic N) is 4. The molecule has 0 aliphatic carbocycles. The highest BCUT2D eigenvalue weighted by molar-refractivity contribution is 14.0. The number of hydrogen-bond donors (Lipinski definition) is 1. The van der Waals surface area contributed by atoms with Crippen LogP contribution in [-0.2, 0) is 16.1 Å². The van der Waals surface area contributed by atoms with E-state index in [4.69, 9.17) is 16.3 Å². The number of ether oxygens (including phenoxy) is 1. The normalized spacial score (nSPS) is 14.8. The van der Waals surface area contributed by atoms with Crippen molar-refractivity contribution < 1.29 is 9.53 Å². The fraction of sp³-hybridized carbons (Fsp3) is 0.600. The van der Waals surface area contributed by atoms with E-state index in [1.165, 1.54) is 0 Å². The van der Waals surface area contributed by atoms with Gasteiger partial charge in [-0.05, 0) is 30.7 Å². The van der Waals surface area contributed by atoms with Crippen LogP contribution < -0.4 is 5.32 Å². The Morgan fingerprint density at radius 3 is 2.48 bits per heavy atom. The highest BCUT2D eigenvalue weighted by atomic mass is 127. The van der Waals surface area contributed by atoms with Crippen LogP contribution in [0.25, 0.3) is 0 Å². The Bertz CT molecular complexity index is 636. The predicted molar refractivity (Wildman–Crippen MR) is 129 cm³/mol. The lowest BCUT2D eigenvalue weighted by molar-refractivity contribution is -0.127. The van der Waals surface area contributed by atoms with E-state index in [-0.39, 0.29) is 36.4 Å². The van der Waals surface area contributed by atoms with Crippen molar-refractivity contribution >= 4 is 47.4 Å². The summed E-state index contributed by atoms with van der Waals surface area (Å²) in [4.78, 5) is 22.5. The third-order valence-corrected chi connectivity index (χ3v) is 4.85. The number of carbonyl (C=O) groups excluding carboxylic acids is 1. The van der Waals surface area contributed by atoms with Gasteiger partial charge in [0.1, 0.15) is 6.54 Å². The first-order chi connectivity index (χ1) is 13.5. The van der Waals surface area contributed by atoms with E-state index in [2.05, 4.69) is 15.2 Å². The third-order valence-electron chi connectivity index (χ3n) is 4.60. The van der Waals surface area contributed by atoms with Gasteiger partial charge in [0.2, 0.25) is 5.91 Å². The monoisotopic (exact) mass is 537 g/mol. The molecule has 0 spiro atoms. The maximum Gasteiger partial charge on any atom is 0.243 e. The molecule has 1 heterocycles. The van der Waals surface area contributed by atoms with Gasteiger partial charge >= 0.3 is 0 Å². The average molecular weight is 538 g/mol. The Morgan fingerprint density at radius 2 is 1.86 bits per heavy atom. The summed E-state index contributed by atoms with van der Waals surface area (Å²) in [5, 5.41) is 4.13. The van der Waals surface area contributed by atoms with E-state index >= 15 is 0 Å². The molecule has 164 valence electrons. The Morgan fingerprint density at radius 1 is 1.21 bits per heavy atom. The zero-order valence-electron chi connectivity index (χ0n) is 17.6. The predicted octanol–water partition coefficient (Wildman–Crippen LogP) is 2.15. The third kappa shape index (κ3) is 9.97. The van der Waals surface area contributed by atoms with E-state index in [0.717, 1.165) is 62.4 Å². The molecule has 1 saturated heterocycles. The van der Waals surface area contributed by atoms with Gasteiger partial charge in [0.25, 0.3) is 0 Å². The molecule has 0 bridgehead atoms. The quantitative estimate of drug-likeness (QED) is 0.238. The van der Waals surface area contributed by atoms with Crippen molar-refractivity contribution in [3.63, 3.8) is 0 Å². The summed E-state index contributed by atoms with van der Waals surface area (Å²) in [5.41, 5.74) is 1.13. The maximum atomic E-state index is 11.9. The van der Waals surface area contributed by atoms with Crippen molar-refractivity contribution in [2.75, 3.05) is 67.1 Å². The summed E-state index contributed by atoms with van der Waals surface area (Å²) in [6.45, 7) is 6.27. The molecule has 7 nitrogen and oxygen atoms in total. The number of amides is 1. The van der Waals surface area contributed by atoms with Crippen LogP contribution in [-0.4, -0.2) is 93.6 Å². The van der Waals surface area contributed by atoms with Crippen LogP contribution in [0.4, 0.5) is 0 Å². The molecule has 1 aliphatic heterocycles. The Balaban J connectivity index is 0.00000420. The van der Waals surface area contributed by atoms with E-state index in [1.54, 1.807) is 19.0 Å². The van der Waals surface area contributed by atoms with E-state index < -0.39 is 0 Å². The summed E-state index contributed by atoms with van der Waals surface area (Å²) in [5.74, 6) is 0.708. The van der Waals surface area contributed by atoms with Gasteiger partial charge in [-0.2, -0.15) is 0 Å². The number of morpholine rings is 1. The van der Waals surface area contributed by atoms with Gasteiger partial charge in [-0.3, -0.25) is 9.69 Å². The lowest BCUT2D eigenvalue weighted by atomic mass is 10.2. The highest BCUT2D eigenvalue weighted by Crippen LogP contribution is 2.11. The van der Waals surface area contributed by atoms with Crippen LogP contribution in [0.15, 0.2) is 29.3 Å². The largest absolute Gasteiger partial charge is 0.379 e. The molecular formula is C20H33ClIN5O2. The van der Waals surface area contributed by atoms with Crippen molar-refractivity contribution in [1.29, 1.82) is 0 Å². The first kappa shape index (κ1) is 25.9. The number of likely N-dealkylation sites (N-methyl/N-ethyl adjacent to an activating group) is 1. The van der Waals surface area contributed by atoms with Crippen molar-refractivity contribution in [3.05, 3.63) is 34.9 Å². The van der Waals surface area contributed by atoms with E-state index in [1.807, 2.05) is 36.2 Å². The van der Waals surface area contributed by atoms with E-state index in [9.17, 15) is 4.79 Å². The lowest BCUT2D eigenvalue weighted by Crippen LogP contribution is -2.42. The van der Waals surface area contributed by atoms with Crippen LogP contribution >= 0.6 is 35.6 Å². The topological polar surface area (TPSA) is 60.4 Å². The summed E-state index contributed by atoms with van der Waals surface area (Å²) < 4.78 is 5.39. The Hall–Kier alpha value is -1.10. The number of nitrogens with one attached hydrogen (secondary N) is 1. The van der Waals surface area contributed by atoms with Gasteiger partial charge in [0, 0.05) is 52.3 Å². The summed E-state index contributed by atoms with van der Waals surface area (Å²) >= 11 is 5.97. The minimum atomic E-state index is -0.0208. The number of halogens is 2. The van der Waals surface area contributed by atoms with Gasteiger partial charge < -0.3 is 19.9 Å². The molecule has 0 radical (unpaired) electrons. The lowest BCUT2D eigenvalue weighted by Gasteiger charge is -2.27. The molecule has 1 N–H and O–H groups in total. The SMILES string of the molecule is CN(C)C(=O)CN=C(NCCCN1CCOCC1)N(C)Cc1ccc(Cl)cc1.I. The molecular weight excluding hydrogens is 505 g/mol. The second kappa shape index (κ2) is 14.0. The molecule has 2 rings (SSSR count). The summed E-state index contributed by atoms with van der Waals surface area (Å²) in [6.07, 6.45) is 1.01. The number of aliphatic imine (C=N–C) groups is 1. The minimum Gasteiger partial charge on any atom is -0.379 e. The van der Waals surface area contributed by atoms with Gasteiger partial charge in [-0.15, -0.1) is 24.0 Å². The highest BCUT2D eigenvalue weighted by Gasteiger charge is 2.12. The second-order valence-electron chi connectivity index (χ2n) is 7.14.